The normalized spacial score (nSPS) is 12.0. The summed E-state index contributed by atoms with van der Waals surface area (Å²) in [7, 11) is -3.66. The Morgan fingerprint density at radius 2 is 1.55 bits per heavy atom. The summed E-state index contributed by atoms with van der Waals surface area (Å²) >= 11 is 0. The molecule has 0 unspecified atom stereocenters. The van der Waals surface area contributed by atoms with Crippen LogP contribution in [-0.2, 0) is 10.0 Å². The minimum absolute atomic E-state index is 0.204. The molecular weight excluding hydrogens is 294 g/mol. The van der Waals surface area contributed by atoms with Gasteiger partial charge >= 0.3 is 0 Å². The summed E-state index contributed by atoms with van der Waals surface area (Å²) in [6.07, 6.45) is 1.39. The molecule has 22 heavy (non-hydrogen) atoms. The number of sulfonamides is 1. The van der Waals surface area contributed by atoms with E-state index in [1.807, 2.05) is 49.4 Å². The van der Waals surface area contributed by atoms with Crippen molar-refractivity contribution < 1.29 is 8.42 Å². The van der Waals surface area contributed by atoms with E-state index in [1.165, 1.54) is 6.21 Å². The van der Waals surface area contributed by atoms with Crippen LogP contribution in [0.2, 0.25) is 0 Å². The van der Waals surface area contributed by atoms with Gasteiger partial charge < -0.3 is 0 Å². The van der Waals surface area contributed by atoms with Gasteiger partial charge in [-0.05, 0) is 41.5 Å². The van der Waals surface area contributed by atoms with Crippen LogP contribution in [0.4, 0.5) is 0 Å². The largest absolute Gasteiger partial charge is 0.282 e. The van der Waals surface area contributed by atoms with Crippen LogP contribution in [-0.4, -0.2) is 14.6 Å². The number of aryl methyl sites for hydroxylation is 1. The van der Waals surface area contributed by atoms with Gasteiger partial charge in [0.15, 0.2) is 0 Å². The van der Waals surface area contributed by atoms with Crippen molar-refractivity contribution in [3.05, 3.63) is 77.9 Å². The fourth-order valence-electron chi connectivity index (χ4n) is 2.19. The van der Waals surface area contributed by atoms with Crippen molar-refractivity contribution in [1.29, 1.82) is 0 Å². The molecule has 0 heterocycles. The fourth-order valence-corrected chi connectivity index (χ4v) is 3.05. The lowest BCUT2D eigenvalue weighted by atomic mass is 10.1. The number of nitrogens with zero attached hydrogens (tertiary/aromatic N) is 1. The van der Waals surface area contributed by atoms with Crippen LogP contribution in [0.25, 0.3) is 10.8 Å². The zero-order valence-corrected chi connectivity index (χ0v) is 12.9. The van der Waals surface area contributed by atoms with Crippen LogP contribution in [0.15, 0.2) is 76.0 Å². The first-order valence-electron chi connectivity index (χ1n) is 6.90. The third-order valence-corrected chi connectivity index (χ3v) is 4.68. The van der Waals surface area contributed by atoms with Crippen molar-refractivity contribution in [2.45, 2.75) is 11.8 Å². The van der Waals surface area contributed by atoms with Gasteiger partial charge in [0.2, 0.25) is 0 Å². The first kappa shape index (κ1) is 14.5. The summed E-state index contributed by atoms with van der Waals surface area (Å²) in [4.78, 5) is 0.204. The molecule has 4 heteroatoms. The fraction of sp³-hybridized carbons (Fsp3) is 0.0556. The average Bonchev–Trinajstić information content (AvgIpc) is 2.53. The second-order valence-electron chi connectivity index (χ2n) is 5.13. The Morgan fingerprint density at radius 3 is 2.27 bits per heavy atom. The molecule has 0 aliphatic heterocycles. The quantitative estimate of drug-likeness (QED) is 0.688. The molecule has 0 N–H and O–H groups in total. The lowest BCUT2D eigenvalue weighted by Gasteiger charge is -2.00. The van der Waals surface area contributed by atoms with Crippen LogP contribution in [0.5, 0.6) is 0 Å². The molecule has 3 rings (SSSR count). The Hall–Kier alpha value is -2.46. The van der Waals surface area contributed by atoms with Crippen molar-refractivity contribution in [1.82, 2.24) is 0 Å². The van der Waals surface area contributed by atoms with Gasteiger partial charge in [-0.2, -0.15) is 12.8 Å². The standard InChI is InChI=1S/C18H15NO2S/c1-14-6-10-18(11-7-14)22(20,21)19-13-15-8-9-16-4-2-3-5-17(16)12-15/h2-13H,1H3. The van der Waals surface area contributed by atoms with Crippen LogP contribution in [0.3, 0.4) is 0 Å². The molecule has 0 fully saturated rings. The highest BCUT2D eigenvalue weighted by molar-refractivity contribution is 7.90. The highest BCUT2D eigenvalue weighted by Crippen LogP contribution is 2.16. The highest BCUT2D eigenvalue weighted by Gasteiger charge is 2.10. The molecule has 0 bridgehead atoms. The molecule has 3 aromatic carbocycles. The predicted molar refractivity (Wildman–Crippen MR) is 89.9 cm³/mol. The molecule has 0 spiro atoms. The van der Waals surface area contributed by atoms with Crippen molar-refractivity contribution in [2.24, 2.45) is 4.40 Å². The summed E-state index contributed by atoms with van der Waals surface area (Å²) in [5.74, 6) is 0. The van der Waals surface area contributed by atoms with Gasteiger partial charge in [-0.15, -0.1) is 0 Å². The molecular formula is C18H15NO2S. The van der Waals surface area contributed by atoms with E-state index in [-0.39, 0.29) is 4.90 Å². The van der Waals surface area contributed by atoms with Crippen LogP contribution in [0.1, 0.15) is 11.1 Å². The number of fused-ring (bicyclic) bond motifs is 1. The summed E-state index contributed by atoms with van der Waals surface area (Å²) in [5, 5.41) is 2.17. The average molecular weight is 309 g/mol. The Kier molecular flexibility index (Phi) is 3.77. The van der Waals surface area contributed by atoms with E-state index in [1.54, 1.807) is 24.3 Å². The Bertz CT molecular complexity index is 942. The van der Waals surface area contributed by atoms with Gasteiger partial charge in [0, 0.05) is 6.21 Å². The van der Waals surface area contributed by atoms with E-state index < -0.39 is 10.0 Å². The number of hydrogen-bond donors (Lipinski definition) is 0. The molecule has 0 aromatic heterocycles. The van der Waals surface area contributed by atoms with E-state index in [4.69, 9.17) is 0 Å². The van der Waals surface area contributed by atoms with Crippen LogP contribution < -0.4 is 0 Å². The Morgan fingerprint density at radius 1 is 0.864 bits per heavy atom. The zero-order valence-electron chi connectivity index (χ0n) is 12.1. The Balaban J connectivity index is 1.92. The smallest absolute Gasteiger partial charge is 0.199 e. The second-order valence-corrected chi connectivity index (χ2v) is 6.76. The predicted octanol–water partition coefficient (Wildman–Crippen LogP) is 3.96. The maximum absolute atomic E-state index is 12.2. The monoisotopic (exact) mass is 309 g/mol. The first-order valence-corrected chi connectivity index (χ1v) is 8.34. The van der Waals surface area contributed by atoms with Crippen molar-refractivity contribution in [3.63, 3.8) is 0 Å². The zero-order chi connectivity index (χ0) is 15.6. The van der Waals surface area contributed by atoms with Gasteiger partial charge in [0.25, 0.3) is 10.0 Å². The maximum atomic E-state index is 12.2. The topological polar surface area (TPSA) is 46.5 Å². The van der Waals surface area contributed by atoms with Gasteiger partial charge in [0.1, 0.15) is 0 Å². The molecule has 0 aliphatic carbocycles. The van der Waals surface area contributed by atoms with Gasteiger partial charge in [-0.25, -0.2) is 0 Å². The molecule has 0 saturated heterocycles. The van der Waals surface area contributed by atoms with Crippen LogP contribution in [0, 0.1) is 6.92 Å². The van der Waals surface area contributed by atoms with E-state index in [2.05, 4.69) is 4.40 Å². The molecule has 3 aromatic rings. The van der Waals surface area contributed by atoms with Crippen molar-refractivity contribution in [2.75, 3.05) is 0 Å². The summed E-state index contributed by atoms with van der Waals surface area (Å²) < 4.78 is 28.1. The molecule has 0 atom stereocenters. The van der Waals surface area contributed by atoms with Gasteiger partial charge in [0.05, 0.1) is 4.90 Å². The number of hydrogen-bond acceptors (Lipinski definition) is 2. The molecule has 110 valence electrons. The van der Waals surface area contributed by atoms with Gasteiger partial charge in [-0.1, -0.05) is 54.1 Å². The molecule has 0 amide bonds. The Labute approximate surface area is 130 Å². The maximum Gasteiger partial charge on any atom is 0.282 e. The molecule has 3 nitrogen and oxygen atoms in total. The number of benzene rings is 3. The third kappa shape index (κ3) is 3.07. The lowest BCUT2D eigenvalue weighted by molar-refractivity contribution is 0.598. The van der Waals surface area contributed by atoms with Crippen molar-refractivity contribution in [3.8, 4) is 0 Å². The highest BCUT2D eigenvalue weighted by atomic mass is 32.2. The van der Waals surface area contributed by atoms with E-state index in [9.17, 15) is 8.42 Å². The van der Waals surface area contributed by atoms with E-state index >= 15 is 0 Å². The molecule has 0 saturated carbocycles. The lowest BCUT2D eigenvalue weighted by Crippen LogP contribution is -1.97. The first-order chi connectivity index (χ1) is 10.5. The van der Waals surface area contributed by atoms with Gasteiger partial charge in [-0.3, -0.25) is 0 Å². The van der Waals surface area contributed by atoms with Crippen molar-refractivity contribution >= 4 is 27.0 Å². The minimum Gasteiger partial charge on any atom is -0.199 e. The second kappa shape index (κ2) is 5.73. The SMILES string of the molecule is Cc1ccc(S(=O)(=O)N=Cc2ccc3ccccc3c2)cc1. The summed E-state index contributed by atoms with van der Waals surface area (Å²) in [6.45, 7) is 1.91. The van der Waals surface area contributed by atoms with E-state index in [0.29, 0.717) is 0 Å². The third-order valence-electron chi connectivity index (χ3n) is 3.43. The number of rotatable bonds is 3. The molecule has 0 radical (unpaired) electrons. The van der Waals surface area contributed by atoms with Crippen LogP contribution >= 0.6 is 0 Å². The van der Waals surface area contributed by atoms with E-state index in [0.717, 1.165) is 21.9 Å². The molecule has 0 aliphatic rings. The summed E-state index contributed by atoms with van der Waals surface area (Å²) in [5.41, 5.74) is 1.77. The minimum atomic E-state index is -3.66. The summed E-state index contributed by atoms with van der Waals surface area (Å²) in [6, 6.07) is 20.3.